The number of nitrogens with zero attached hydrogens (tertiary/aromatic N) is 2. The lowest BCUT2D eigenvalue weighted by molar-refractivity contribution is 0.581. The first-order valence-corrected chi connectivity index (χ1v) is 10.5. The summed E-state index contributed by atoms with van der Waals surface area (Å²) in [5.41, 5.74) is 3.85. The Morgan fingerprint density at radius 1 is 1.04 bits per heavy atom. The molecule has 0 saturated heterocycles. The molecular formula is C19H20BrN3O2S. The average Bonchev–Trinajstić information content (AvgIpc) is 2.88. The molecule has 5 nitrogen and oxygen atoms in total. The van der Waals surface area contributed by atoms with Gasteiger partial charge in [0, 0.05) is 22.3 Å². The molecule has 0 unspecified atom stereocenters. The number of hydrogen-bond acceptors (Lipinski definition) is 3. The zero-order valence-electron chi connectivity index (χ0n) is 14.6. The van der Waals surface area contributed by atoms with Crippen molar-refractivity contribution in [1.82, 2.24) is 14.5 Å². The third-order valence-corrected chi connectivity index (χ3v) is 6.22. The maximum Gasteiger partial charge on any atom is 0.240 e. The van der Waals surface area contributed by atoms with Crippen LogP contribution in [0.25, 0.3) is 0 Å². The lowest BCUT2D eigenvalue weighted by Crippen LogP contribution is -2.23. The van der Waals surface area contributed by atoms with Gasteiger partial charge in [-0.1, -0.05) is 46.3 Å². The van der Waals surface area contributed by atoms with Gasteiger partial charge < -0.3 is 0 Å². The van der Waals surface area contributed by atoms with Gasteiger partial charge in [-0.15, -0.1) is 0 Å². The minimum absolute atomic E-state index is 0.213. The summed E-state index contributed by atoms with van der Waals surface area (Å²) >= 11 is 3.31. The summed E-state index contributed by atoms with van der Waals surface area (Å²) in [7, 11) is -3.57. The molecule has 1 heterocycles. The molecule has 0 bridgehead atoms. The van der Waals surface area contributed by atoms with Gasteiger partial charge in [0.2, 0.25) is 10.0 Å². The largest absolute Gasteiger partial charge is 0.265 e. The fraction of sp³-hybridized carbons (Fsp3) is 0.211. The summed E-state index contributed by atoms with van der Waals surface area (Å²) in [6, 6.07) is 16.6. The Labute approximate surface area is 162 Å². The third-order valence-electron chi connectivity index (χ3n) is 4.27. The highest BCUT2D eigenvalue weighted by molar-refractivity contribution is 9.10. The van der Waals surface area contributed by atoms with E-state index < -0.39 is 10.0 Å². The minimum atomic E-state index is -3.57. The van der Waals surface area contributed by atoms with E-state index in [1.54, 1.807) is 24.3 Å². The summed E-state index contributed by atoms with van der Waals surface area (Å²) < 4.78 is 30.4. The van der Waals surface area contributed by atoms with E-state index in [1.807, 2.05) is 48.9 Å². The topological polar surface area (TPSA) is 64.0 Å². The van der Waals surface area contributed by atoms with Crippen LogP contribution >= 0.6 is 15.9 Å². The molecule has 3 rings (SSSR count). The van der Waals surface area contributed by atoms with Crippen LogP contribution in [0.1, 0.15) is 22.5 Å². The van der Waals surface area contributed by atoms with Gasteiger partial charge >= 0.3 is 0 Å². The van der Waals surface area contributed by atoms with Crippen LogP contribution in [0, 0.1) is 13.8 Å². The molecule has 26 heavy (non-hydrogen) atoms. The molecule has 0 amide bonds. The van der Waals surface area contributed by atoms with Gasteiger partial charge in [-0.25, -0.2) is 13.1 Å². The van der Waals surface area contributed by atoms with Crippen molar-refractivity contribution < 1.29 is 8.42 Å². The Morgan fingerprint density at radius 3 is 2.35 bits per heavy atom. The lowest BCUT2D eigenvalue weighted by Gasteiger charge is -2.08. The van der Waals surface area contributed by atoms with E-state index in [4.69, 9.17) is 0 Å². The predicted octanol–water partition coefficient (Wildman–Crippen LogP) is 3.79. The quantitative estimate of drug-likeness (QED) is 0.642. The lowest BCUT2D eigenvalue weighted by atomic mass is 10.2. The van der Waals surface area contributed by atoms with E-state index in [2.05, 4.69) is 25.8 Å². The Kier molecular flexibility index (Phi) is 5.60. The maximum atomic E-state index is 12.5. The number of rotatable bonds is 6. The van der Waals surface area contributed by atoms with Crippen LogP contribution in [0.3, 0.4) is 0 Å². The number of aryl methyl sites for hydroxylation is 1. The van der Waals surface area contributed by atoms with Gasteiger partial charge in [-0.05, 0) is 43.7 Å². The van der Waals surface area contributed by atoms with Crippen LogP contribution in [-0.2, 0) is 23.1 Å². The summed E-state index contributed by atoms with van der Waals surface area (Å²) in [4.78, 5) is 0.243. The van der Waals surface area contributed by atoms with Gasteiger partial charge in [0.05, 0.1) is 17.1 Å². The molecule has 0 aliphatic carbocycles. The monoisotopic (exact) mass is 433 g/mol. The maximum absolute atomic E-state index is 12.5. The number of aromatic nitrogens is 2. The average molecular weight is 434 g/mol. The fourth-order valence-corrected chi connectivity index (χ4v) is 4.02. The molecule has 0 atom stereocenters. The second-order valence-electron chi connectivity index (χ2n) is 6.07. The SMILES string of the molecule is Cc1nn(Cc2ccccc2)c(C)c1CNS(=O)(=O)c1ccc(Br)cc1. The molecule has 3 aromatic rings. The summed E-state index contributed by atoms with van der Waals surface area (Å²) in [6.45, 7) is 4.74. The highest BCUT2D eigenvalue weighted by Crippen LogP contribution is 2.18. The van der Waals surface area contributed by atoms with E-state index in [0.717, 1.165) is 27.0 Å². The van der Waals surface area contributed by atoms with Crippen LogP contribution in [0.2, 0.25) is 0 Å². The molecule has 0 radical (unpaired) electrons. The van der Waals surface area contributed by atoms with Crippen LogP contribution < -0.4 is 4.72 Å². The van der Waals surface area contributed by atoms with Gasteiger partial charge in [0.15, 0.2) is 0 Å². The highest BCUT2D eigenvalue weighted by atomic mass is 79.9. The van der Waals surface area contributed by atoms with Gasteiger partial charge in [0.25, 0.3) is 0 Å². The number of benzene rings is 2. The molecule has 0 saturated carbocycles. The van der Waals surface area contributed by atoms with E-state index >= 15 is 0 Å². The second kappa shape index (κ2) is 7.73. The fourth-order valence-electron chi connectivity index (χ4n) is 2.76. The van der Waals surface area contributed by atoms with E-state index in [1.165, 1.54) is 0 Å². The molecule has 0 aliphatic heterocycles. The van der Waals surface area contributed by atoms with Crippen molar-refractivity contribution in [3.05, 3.63) is 81.6 Å². The van der Waals surface area contributed by atoms with E-state index in [-0.39, 0.29) is 11.4 Å². The minimum Gasteiger partial charge on any atom is -0.265 e. The normalized spacial score (nSPS) is 11.7. The van der Waals surface area contributed by atoms with Crippen molar-refractivity contribution in [2.75, 3.05) is 0 Å². The number of sulfonamides is 1. The molecule has 1 aromatic heterocycles. The van der Waals surface area contributed by atoms with E-state index in [0.29, 0.717) is 6.54 Å². The number of halogens is 1. The standard InChI is InChI=1S/C19H20BrN3O2S/c1-14-19(12-21-26(24,25)18-10-8-17(20)9-11-18)15(2)23(22-14)13-16-6-4-3-5-7-16/h3-11,21H,12-13H2,1-2H3. The molecule has 2 aromatic carbocycles. The molecule has 7 heteroatoms. The zero-order valence-corrected chi connectivity index (χ0v) is 17.0. The van der Waals surface area contributed by atoms with Gasteiger partial charge in [-0.3, -0.25) is 4.68 Å². The van der Waals surface area contributed by atoms with Crippen molar-refractivity contribution in [3.63, 3.8) is 0 Å². The van der Waals surface area contributed by atoms with Crippen molar-refractivity contribution in [1.29, 1.82) is 0 Å². The third kappa shape index (κ3) is 4.23. The first kappa shape index (κ1) is 18.8. The first-order chi connectivity index (χ1) is 12.4. The van der Waals surface area contributed by atoms with Crippen molar-refractivity contribution in [2.45, 2.75) is 31.8 Å². The molecule has 1 N–H and O–H groups in total. The molecule has 0 aliphatic rings. The Balaban J connectivity index is 1.77. The van der Waals surface area contributed by atoms with Crippen LogP contribution in [0.4, 0.5) is 0 Å². The number of hydrogen-bond donors (Lipinski definition) is 1. The van der Waals surface area contributed by atoms with Gasteiger partial charge in [-0.2, -0.15) is 5.10 Å². The van der Waals surface area contributed by atoms with Crippen molar-refractivity contribution >= 4 is 26.0 Å². The highest BCUT2D eigenvalue weighted by Gasteiger charge is 2.17. The van der Waals surface area contributed by atoms with Crippen LogP contribution in [0.5, 0.6) is 0 Å². The van der Waals surface area contributed by atoms with Gasteiger partial charge in [0.1, 0.15) is 0 Å². The molecule has 136 valence electrons. The predicted molar refractivity (Wildman–Crippen MR) is 105 cm³/mol. The van der Waals surface area contributed by atoms with Crippen LogP contribution in [0.15, 0.2) is 64.0 Å². The first-order valence-electron chi connectivity index (χ1n) is 8.19. The summed E-state index contributed by atoms with van der Waals surface area (Å²) in [5, 5.41) is 4.57. The summed E-state index contributed by atoms with van der Waals surface area (Å²) in [6.07, 6.45) is 0. The van der Waals surface area contributed by atoms with Crippen molar-refractivity contribution in [2.24, 2.45) is 0 Å². The van der Waals surface area contributed by atoms with Crippen LogP contribution in [-0.4, -0.2) is 18.2 Å². The smallest absolute Gasteiger partial charge is 0.240 e. The molecule has 0 spiro atoms. The second-order valence-corrected chi connectivity index (χ2v) is 8.75. The number of nitrogens with one attached hydrogen (secondary N) is 1. The Bertz CT molecular complexity index is 997. The van der Waals surface area contributed by atoms with Crippen molar-refractivity contribution in [3.8, 4) is 0 Å². The van der Waals surface area contributed by atoms with E-state index in [9.17, 15) is 8.42 Å². The Morgan fingerprint density at radius 2 is 1.69 bits per heavy atom. The Hall–Kier alpha value is -1.96. The summed E-state index contributed by atoms with van der Waals surface area (Å²) in [5.74, 6) is 0. The zero-order chi connectivity index (χ0) is 18.7. The molecule has 0 fully saturated rings. The molecular weight excluding hydrogens is 414 g/mol.